The van der Waals surface area contributed by atoms with Crippen molar-refractivity contribution in [3.8, 4) is 0 Å². The number of hydrogen-bond donors (Lipinski definition) is 1. The summed E-state index contributed by atoms with van der Waals surface area (Å²) in [7, 11) is 0. The number of aromatic nitrogens is 2. The summed E-state index contributed by atoms with van der Waals surface area (Å²) in [5.41, 5.74) is 9.05. The van der Waals surface area contributed by atoms with Crippen molar-refractivity contribution in [3.05, 3.63) is 53.7 Å². The summed E-state index contributed by atoms with van der Waals surface area (Å²) >= 11 is 0. The molecule has 3 aromatic rings. The minimum Gasteiger partial charge on any atom is -0.469 e. The lowest BCUT2D eigenvalue weighted by molar-refractivity contribution is 0.499. The number of nitrogens with zero attached hydrogens (tertiary/aromatic N) is 2. The smallest absolute Gasteiger partial charge is 0.110 e. The van der Waals surface area contributed by atoms with Crippen LogP contribution in [-0.2, 0) is 19.4 Å². The van der Waals surface area contributed by atoms with E-state index in [0.717, 1.165) is 35.5 Å². The molecule has 110 valence electrons. The zero-order chi connectivity index (χ0) is 14.8. The normalized spacial score (nSPS) is 11.6. The number of benzene rings is 1. The van der Waals surface area contributed by atoms with Gasteiger partial charge in [0.05, 0.1) is 17.3 Å². The number of nitrogens with two attached hydrogens (primary N) is 1. The molecule has 0 aliphatic heterocycles. The molecule has 21 heavy (non-hydrogen) atoms. The van der Waals surface area contributed by atoms with E-state index in [0.29, 0.717) is 12.6 Å². The zero-order valence-corrected chi connectivity index (χ0v) is 12.5. The third-order valence-corrected chi connectivity index (χ3v) is 3.75. The Morgan fingerprint density at radius 3 is 2.76 bits per heavy atom. The maximum Gasteiger partial charge on any atom is 0.110 e. The van der Waals surface area contributed by atoms with Crippen molar-refractivity contribution in [2.24, 2.45) is 5.73 Å². The number of rotatable bonds is 5. The molecule has 2 N–H and O–H groups in total. The van der Waals surface area contributed by atoms with E-state index in [9.17, 15) is 0 Å². The van der Waals surface area contributed by atoms with Gasteiger partial charge in [-0.15, -0.1) is 0 Å². The lowest BCUT2D eigenvalue weighted by Gasteiger charge is -2.12. The van der Waals surface area contributed by atoms with Crippen LogP contribution in [0.1, 0.15) is 37.0 Å². The van der Waals surface area contributed by atoms with Crippen LogP contribution in [0, 0.1) is 0 Å². The largest absolute Gasteiger partial charge is 0.469 e. The fourth-order valence-corrected chi connectivity index (χ4v) is 2.76. The molecule has 0 aliphatic carbocycles. The predicted molar refractivity (Wildman–Crippen MR) is 84.1 cm³/mol. The van der Waals surface area contributed by atoms with E-state index in [1.807, 2.05) is 12.1 Å². The molecule has 2 aromatic heterocycles. The lowest BCUT2D eigenvalue weighted by Crippen LogP contribution is -2.07. The second kappa shape index (κ2) is 5.74. The first-order valence-corrected chi connectivity index (χ1v) is 7.41. The van der Waals surface area contributed by atoms with Crippen molar-refractivity contribution in [1.29, 1.82) is 0 Å². The molecule has 0 aliphatic rings. The molecule has 0 amide bonds. The van der Waals surface area contributed by atoms with Gasteiger partial charge < -0.3 is 14.7 Å². The summed E-state index contributed by atoms with van der Waals surface area (Å²) in [6, 6.07) is 10.6. The molecule has 0 bridgehead atoms. The van der Waals surface area contributed by atoms with E-state index in [2.05, 4.69) is 36.6 Å². The van der Waals surface area contributed by atoms with Gasteiger partial charge in [-0.05, 0) is 43.7 Å². The molecule has 0 atom stereocenters. The van der Waals surface area contributed by atoms with Crippen molar-refractivity contribution in [2.75, 3.05) is 0 Å². The second-order valence-electron chi connectivity index (χ2n) is 5.60. The Hall–Kier alpha value is -2.07. The number of furan rings is 1. The molecule has 4 nitrogen and oxygen atoms in total. The minimum absolute atomic E-state index is 0.380. The van der Waals surface area contributed by atoms with Crippen molar-refractivity contribution in [3.63, 3.8) is 0 Å². The number of aryl methyl sites for hydroxylation is 2. The Labute approximate surface area is 124 Å². The van der Waals surface area contributed by atoms with Crippen LogP contribution in [0.25, 0.3) is 11.0 Å². The first-order chi connectivity index (χ1) is 10.2. The van der Waals surface area contributed by atoms with Gasteiger partial charge in [0.2, 0.25) is 0 Å². The lowest BCUT2D eigenvalue weighted by atomic mass is 10.2. The van der Waals surface area contributed by atoms with Gasteiger partial charge in [0.25, 0.3) is 0 Å². The predicted octanol–water partition coefficient (Wildman–Crippen LogP) is 3.45. The molecular formula is C17H21N3O. The van der Waals surface area contributed by atoms with E-state index < -0.39 is 0 Å². The molecule has 0 radical (unpaired) electrons. The van der Waals surface area contributed by atoms with Crippen molar-refractivity contribution in [1.82, 2.24) is 9.55 Å². The maximum atomic E-state index is 5.72. The van der Waals surface area contributed by atoms with E-state index in [1.54, 1.807) is 6.26 Å². The van der Waals surface area contributed by atoms with Crippen molar-refractivity contribution < 1.29 is 4.42 Å². The summed E-state index contributed by atoms with van der Waals surface area (Å²) in [6.45, 7) is 4.93. The second-order valence-corrected chi connectivity index (χ2v) is 5.60. The van der Waals surface area contributed by atoms with Crippen LogP contribution >= 0.6 is 0 Å². The summed E-state index contributed by atoms with van der Waals surface area (Å²) in [5.74, 6) is 2.10. The van der Waals surface area contributed by atoms with Gasteiger partial charge in [0, 0.05) is 25.4 Å². The Kier molecular flexibility index (Phi) is 3.80. The molecule has 1 aromatic carbocycles. The number of fused-ring (bicyclic) bond motifs is 1. The zero-order valence-electron chi connectivity index (χ0n) is 12.5. The fourth-order valence-electron chi connectivity index (χ4n) is 2.76. The van der Waals surface area contributed by atoms with Crippen LogP contribution in [0.3, 0.4) is 0 Å². The van der Waals surface area contributed by atoms with Crippen LogP contribution in [0.2, 0.25) is 0 Å². The van der Waals surface area contributed by atoms with E-state index >= 15 is 0 Å². The molecule has 0 saturated heterocycles. The first-order valence-electron chi connectivity index (χ1n) is 7.41. The van der Waals surface area contributed by atoms with E-state index in [-0.39, 0.29) is 0 Å². The highest BCUT2D eigenvalue weighted by Gasteiger charge is 2.14. The van der Waals surface area contributed by atoms with E-state index in [4.69, 9.17) is 15.1 Å². The molecule has 4 heteroatoms. The molecule has 0 unspecified atom stereocenters. The summed E-state index contributed by atoms with van der Waals surface area (Å²) < 4.78 is 7.72. The Morgan fingerprint density at radius 2 is 2.10 bits per heavy atom. The summed E-state index contributed by atoms with van der Waals surface area (Å²) in [4.78, 5) is 4.81. The highest BCUT2D eigenvalue weighted by molar-refractivity contribution is 5.77. The Morgan fingerprint density at radius 1 is 1.24 bits per heavy atom. The van der Waals surface area contributed by atoms with E-state index in [1.165, 1.54) is 5.52 Å². The number of imidazole rings is 1. The molecule has 0 fully saturated rings. The SMILES string of the molecule is CC(C)n1c(CCc2ccco2)nc2cc(CN)ccc21. The summed E-state index contributed by atoms with van der Waals surface area (Å²) in [5, 5.41) is 0. The molecule has 2 heterocycles. The Bertz CT molecular complexity index is 726. The highest BCUT2D eigenvalue weighted by atomic mass is 16.3. The van der Waals surface area contributed by atoms with Crippen LogP contribution in [-0.4, -0.2) is 9.55 Å². The standard InChI is InChI=1S/C17H21N3O/c1-12(2)20-16-7-5-13(11-18)10-15(16)19-17(20)8-6-14-4-3-9-21-14/h3-5,7,9-10,12H,6,8,11,18H2,1-2H3. The average molecular weight is 283 g/mol. The van der Waals surface area contributed by atoms with Gasteiger partial charge in [-0.3, -0.25) is 0 Å². The van der Waals surface area contributed by atoms with Crippen LogP contribution < -0.4 is 5.73 Å². The third-order valence-electron chi connectivity index (χ3n) is 3.75. The molecular weight excluding hydrogens is 262 g/mol. The fraction of sp³-hybridized carbons (Fsp3) is 0.353. The quantitative estimate of drug-likeness (QED) is 0.780. The third kappa shape index (κ3) is 2.72. The van der Waals surface area contributed by atoms with Crippen molar-refractivity contribution >= 4 is 11.0 Å². The summed E-state index contributed by atoms with van der Waals surface area (Å²) in [6.07, 6.45) is 3.46. The molecule has 0 spiro atoms. The van der Waals surface area contributed by atoms with Gasteiger partial charge >= 0.3 is 0 Å². The minimum atomic E-state index is 0.380. The van der Waals surface area contributed by atoms with Crippen LogP contribution in [0.15, 0.2) is 41.0 Å². The van der Waals surface area contributed by atoms with Crippen LogP contribution in [0.5, 0.6) is 0 Å². The maximum absolute atomic E-state index is 5.72. The van der Waals surface area contributed by atoms with Gasteiger partial charge in [-0.2, -0.15) is 0 Å². The van der Waals surface area contributed by atoms with Crippen LogP contribution in [0.4, 0.5) is 0 Å². The first kappa shape index (κ1) is 13.9. The molecule has 3 rings (SSSR count). The van der Waals surface area contributed by atoms with Gasteiger partial charge in [-0.25, -0.2) is 4.98 Å². The van der Waals surface area contributed by atoms with Gasteiger partial charge in [0.1, 0.15) is 11.6 Å². The topological polar surface area (TPSA) is 57.0 Å². The monoisotopic (exact) mass is 283 g/mol. The van der Waals surface area contributed by atoms with Crippen molar-refractivity contribution in [2.45, 2.75) is 39.3 Å². The van der Waals surface area contributed by atoms with Gasteiger partial charge in [-0.1, -0.05) is 6.07 Å². The van der Waals surface area contributed by atoms with Gasteiger partial charge in [0.15, 0.2) is 0 Å². The average Bonchev–Trinajstić information content (AvgIpc) is 3.10. The highest BCUT2D eigenvalue weighted by Crippen LogP contribution is 2.23. The Balaban J connectivity index is 1.97. The molecule has 0 saturated carbocycles. The number of hydrogen-bond acceptors (Lipinski definition) is 3.